The molecule has 0 aliphatic carbocycles. The number of nitriles is 2. The zero-order chi connectivity index (χ0) is 21.4. The largest absolute Gasteiger partial charge is 0.395 e. The Hall–Kier alpha value is -4.17. The van der Waals surface area contributed by atoms with E-state index in [4.69, 9.17) is 0 Å². The fraction of sp³-hybridized carbons (Fsp3) is 0.100. The summed E-state index contributed by atoms with van der Waals surface area (Å²) in [6.07, 6.45) is 9.45. The number of aromatic nitrogens is 6. The van der Waals surface area contributed by atoms with Crippen molar-refractivity contribution in [2.45, 2.75) is 13.8 Å². The maximum atomic E-state index is 9.98. The van der Waals surface area contributed by atoms with Crippen LogP contribution < -0.4 is 10.7 Å². The molecule has 30 heavy (non-hydrogen) atoms. The van der Waals surface area contributed by atoms with Gasteiger partial charge in [-0.1, -0.05) is 0 Å². The maximum absolute atomic E-state index is 9.98. The van der Waals surface area contributed by atoms with Crippen LogP contribution in [0.25, 0.3) is 21.9 Å². The van der Waals surface area contributed by atoms with Crippen LogP contribution in [0.15, 0.2) is 37.2 Å². The summed E-state index contributed by atoms with van der Waals surface area (Å²) < 4.78 is 3.94. The smallest absolute Gasteiger partial charge is 0.223 e. The molecule has 4 heterocycles. The van der Waals surface area contributed by atoms with Crippen molar-refractivity contribution in [3.05, 3.63) is 70.7 Å². The minimum absolute atomic E-state index is 0.432. The van der Waals surface area contributed by atoms with E-state index in [-0.39, 0.29) is 0 Å². The molecule has 4 aromatic rings. The van der Waals surface area contributed by atoms with Crippen molar-refractivity contribution in [2.75, 3.05) is 0 Å². The SMILES string of the molecule is Bn1c(C)c2/c(=C(\C#N)c3cnccn3)n(B)c(C)c2/c1=C(\C#N)c1cnccn1. The lowest BCUT2D eigenvalue weighted by atomic mass is 10.1. The number of rotatable bonds is 2. The molecule has 0 saturated heterocycles. The summed E-state index contributed by atoms with van der Waals surface area (Å²) in [5.74, 6) is 0. The van der Waals surface area contributed by atoms with Gasteiger partial charge in [0.1, 0.15) is 34.7 Å². The van der Waals surface area contributed by atoms with Gasteiger partial charge in [0, 0.05) is 46.9 Å². The Morgan fingerprint density at radius 3 is 1.47 bits per heavy atom. The highest BCUT2D eigenvalue weighted by atomic mass is 14.9. The molecular formula is C20H16B2N8. The van der Waals surface area contributed by atoms with Gasteiger partial charge in [0.25, 0.3) is 0 Å². The highest BCUT2D eigenvalue weighted by Crippen LogP contribution is 2.21. The molecule has 0 N–H and O–H groups in total. The van der Waals surface area contributed by atoms with Crippen molar-refractivity contribution in [3.8, 4) is 12.1 Å². The molecule has 4 aromatic heterocycles. The van der Waals surface area contributed by atoms with Gasteiger partial charge < -0.3 is 8.96 Å². The van der Waals surface area contributed by atoms with Crippen LogP contribution in [-0.2, 0) is 0 Å². The van der Waals surface area contributed by atoms with Gasteiger partial charge in [-0.2, -0.15) is 10.5 Å². The zero-order valence-electron chi connectivity index (χ0n) is 17.0. The number of hydrogen-bond acceptors (Lipinski definition) is 6. The lowest BCUT2D eigenvalue weighted by Crippen LogP contribution is -2.23. The lowest BCUT2D eigenvalue weighted by molar-refractivity contribution is 1.06. The van der Waals surface area contributed by atoms with Crippen molar-refractivity contribution < 1.29 is 0 Å². The average molecular weight is 390 g/mol. The number of aryl methyl sites for hydroxylation is 2. The van der Waals surface area contributed by atoms with Gasteiger partial charge in [-0.25, -0.2) is 0 Å². The molecule has 0 atom stereocenters. The summed E-state index contributed by atoms with van der Waals surface area (Å²) in [4.78, 5) is 16.9. The van der Waals surface area contributed by atoms with Crippen molar-refractivity contribution in [1.29, 1.82) is 10.5 Å². The van der Waals surface area contributed by atoms with Crippen LogP contribution in [0.2, 0.25) is 0 Å². The molecule has 10 heteroatoms. The van der Waals surface area contributed by atoms with E-state index in [9.17, 15) is 10.5 Å². The van der Waals surface area contributed by atoms with E-state index in [2.05, 4.69) is 32.1 Å². The van der Waals surface area contributed by atoms with E-state index in [0.29, 0.717) is 22.5 Å². The topological polar surface area (TPSA) is 109 Å². The van der Waals surface area contributed by atoms with E-state index in [0.717, 1.165) is 32.9 Å². The first-order chi connectivity index (χ1) is 14.5. The molecule has 0 bridgehead atoms. The molecule has 0 radical (unpaired) electrons. The summed E-state index contributed by atoms with van der Waals surface area (Å²) in [6, 6.07) is 4.60. The average Bonchev–Trinajstić information content (AvgIpc) is 3.18. The molecule has 142 valence electrons. The van der Waals surface area contributed by atoms with Crippen LogP contribution in [0.4, 0.5) is 0 Å². The quantitative estimate of drug-likeness (QED) is 0.401. The summed E-state index contributed by atoms with van der Waals surface area (Å²) in [6.45, 7) is 3.96. The van der Waals surface area contributed by atoms with E-state index < -0.39 is 0 Å². The molecule has 0 saturated carbocycles. The molecular weight excluding hydrogens is 374 g/mol. The van der Waals surface area contributed by atoms with E-state index in [1.807, 2.05) is 38.8 Å². The first-order valence-electron chi connectivity index (χ1n) is 9.23. The zero-order valence-corrected chi connectivity index (χ0v) is 17.0. The van der Waals surface area contributed by atoms with Gasteiger partial charge in [0.15, 0.2) is 0 Å². The molecule has 0 aliphatic rings. The van der Waals surface area contributed by atoms with Gasteiger partial charge in [0.2, 0.25) is 16.0 Å². The van der Waals surface area contributed by atoms with Crippen LogP contribution in [0.3, 0.4) is 0 Å². The first-order valence-corrected chi connectivity index (χ1v) is 9.23. The van der Waals surface area contributed by atoms with Crippen molar-refractivity contribution in [1.82, 2.24) is 28.9 Å². The Morgan fingerprint density at radius 1 is 0.767 bits per heavy atom. The molecule has 0 amide bonds. The molecule has 0 aliphatic heterocycles. The second-order valence-electron chi connectivity index (χ2n) is 6.89. The lowest BCUT2D eigenvalue weighted by Gasteiger charge is -2.06. The summed E-state index contributed by atoms with van der Waals surface area (Å²) in [5.41, 5.74) is 3.75. The second-order valence-corrected chi connectivity index (χ2v) is 6.89. The normalized spacial score (nSPS) is 12.9. The van der Waals surface area contributed by atoms with Crippen LogP contribution in [-0.4, -0.2) is 44.9 Å². The number of nitrogens with zero attached hydrogens (tertiary/aromatic N) is 8. The molecule has 8 nitrogen and oxygen atoms in total. The van der Waals surface area contributed by atoms with Crippen molar-refractivity contribution in [2.24, 2.45) is 0 Å². The highest BCUT2D eigenvalue weighted by molar-refractivity contribution is 6.14. The van der Waals surface area contributed by atoms with Crippen molar-refractivity contribution >= 4 is 37.9 Å². The second kappa shape index (κ2) is 7.34. The van der Waals surface area contributed by atoms with Gasteiger partial charge >= 0.3 is 0 Å². The van der Waals surface area contributed by atoms with Crippen LogP contribution in [0, 0.1) is 36.5 Å². The third-order valence-electron chi connectivity index (χ3n) is 5.46. The third kappa shape index (κ3) is 2.70. The molecule has 0 fully saturated rings. The standard InChI is InChI=1S/C20H16B2N8/c1-11-17-18(20(29(11)21)14(8-24)16-10-26-4-6-28-16)12(2)30(22)19(17)13(7-23)15-9-25-3-5-27-15/h3-6,9-10H,21-22H2,1-2H3/b19-13-,20-14-. The molecule has 4 rings (SSSR count). The molecule has 0 unspecified atom stereocenters. The highest BCUT2D eigenvalue weighted by Gasteiger charge is 2.21. The first kappa shape index (κ1) is 19.2. The molecule has 0 aromatic carbocycles. The fourth-order valence-electron chi connectivity index (χ4n) is 3.85. The van der Waals surface area contributed by atoms with Crippen LogP contribution in [0.1, 0.15) is 22.8 Å². The Kier molecular flexibility index (Phi) is 4.69. The van der Waals surface area contributed by atoms with E-state index >= 15 is 0 Å². The third-order valence-corrected chi connectivity index (χ3v) is 5.46. The Morgan fingerprint density at radius 2 is 1.17 bits per heavy atom. The predicted octanol–water partition coefficient (Wildman–Crippen LogP) is -1.12. The van der Waals surface area contributed by atoms with Crippen LogP contribution in [0.5, 0.6) is 0 Å². The van der Waals surface area contributed by atoms with E-state index in [1.165, 1.54) is 0 Å². The Balaban J connectivity index is 2.30. The van der Waals surface area contributed by atoms with Gasteiger partial charge in [-0.3, -0.25) is 19.9 Å². The maximum Gasteiger partial charge on any atom is 0.223 e. The van der Waals surface area contributed by atoms with Gasteiger partial charge in [0.05, 0.1) is 23.1 Å². The molecule has 0 spiro atoms. The minimum Gasteiger partial charge on any atom is -0.395 e. The Labute approximate surface area is 174 Å². The van der Waals surface area contributed by atoms with Crippen LogP contribution >= 0.6 is 0 Å². The monoisotopic (exact) mass is 390 g/mol. The summed E-state index contributed by atoms with van der Waals surface area (Å²) >= 11 is 0. The summed E-state index contributed by atoms with van der Waals surface area (Å²) in [7, 11) is 3.83. The predicted molar refractivity (Wildman–Crippen MR) is 117 cm³/mol. The summed E-state index contributed by atoms with van der Waals surface area (Å²) in [5, 5.41) is 23.3. The number of fused-ring (bicyclic) bond motifs is 1. The minimum atomic E-state index is 0.432. The van der Waals surface area contributed by atoms with Gasteiger partial charge in [-0.05, 0) is 13.8 Å². The fourth-order valence-corrected chi connectivity index (χ4v) is 3.85. The van der Waals surface area contributed by atoms with E-state index in [1.54, 1.807) is 37.2 Å². The Bertz CT molecular complexity index is 1370. The number of hydrogen-bond donors (Lipinski definition) is 0. The van der Waals surface area contributed by atoms with Crippen molar-refractivity contribution in [3.63, 3.8) is 0 Å². The van der Waals surface area contributed by atoms with Gasteiger partial charge in [-0.15, -0.1) is 0 Å².